The molecule has 2 N–H and O–H groups in total. The monoisotopic (exact) mass is 384 g/mol. The summed E-state index contributed by atoms with van der Waals surface area (Å²) in [5.41, 5.74) is 2.34. The van der Waals surface area contributed by atoms with Gasteiger partial charge in [-0.3, -0.25) is 4.79 Å². The Morgan fingerprint density at radius 3 is 2.44 bits per heavy atom. The van der Waals surface area contributed by atoms with Gasteiger partial charge < -0.3 is 15.0 Å². The molecule has 2 heterocycles. The first-order valence-electron chi connectivity index (χ1n) is 8.24. The van der Waals surface area contributed by atoms with Crippen molar-refractivity contribution in [1.82, 2.24) is 4.57 Å². The van der Waals surface area contributed by atoms with E-state index >= 15 is 0 Å². The van der Waals surface area contributed by atoms with Crippen molar-refractivity contribution >= 4 is 29.2 Å². The van der Waals surface area contributed by atoms with Crippen molar-refractivity contribution in [3.05, 3.63) is 82.4 Å². The SMILES string of the molecule is O=C1CC(c2ccc(Cl)cc2)c2c(c(C(=O)O)cn2-c2ccc(F)cc2)N1. The largest absolute Gasteiger partial charge is 0.478 e. The van der Waals surface area contributed by atoms with Gasteiger partial charge in [-0.15, -0.1) is 0 Å². The number of halogens is 2. The van der Waals surface area contributed by atoms with Crippen molar-refractivity contribution in [1.29, 1.82) is 0 Å². The van der Waals surface area contributed by atoms with E-state index in [4.69, 9.17) is 11.6 Å². The number of aromatic carboxylic acids is 1. The van der Waals surface area contributed by atoms with Gasteiger partial charge >= 0.3 is 5.97 Å². The van der Waals surface area contributed by atoms with Gasteiger partial charge in [0.1, 0.15) is 11.4 Å². The fourth-order valence-corrected chi connectivity index (χ4v) is 3.54. The molecule has 3 aromatic rings. The second-order valence-electron chi connectivity index (χ2n) is 6.31. The molecule has 1 unspecified atom stereocenters. The summed E-state index contributed by atoms with van der Waals surface area (Å²) in [5.74, 6) is -2.16. The van der Waals surface area contributed by atoms with E-state index in [1.54, 1.807) is 28.8 Å². The fourth-order valence-electron chi connectivity index (χ4n) is 3.42. The standard InChI is InChI=1S/C20H14ClFN2O3/c21-12-3-1-11(2-4-12)15-9-17(25)23-18-16(20(26)27)10-24(19(15)18)14-7-5-13(22)6-8-14/h1-8,10,15H,9H2,(H,23,25)(H,26,27). The first kappa shape index (κ1) is 17.3. The highest BCUT2D eigenvalue weighted by molar-refractivity contribution is 6.30. The molecular weight excluding hydrogens is 371 g/mol. The van der Waals surface area contributed by atoms with E-state index in [2.05, 4.69) is 5.32 Å². The molecule has 1 amide bonds. The maximum Gasteiger partial charge on any atom is 0.339 e. The molecule has 136 valence electrons. The maximum absolute atomic E-state index is 13.3. The second kappa shape index (κ2) is 6.55. The average molecular weight is 385 g/mol. The molecule has 0 saturated carbocycles. The van der Waals surface area contributed by atoms with Crippen molar-refractivity contribution in [2.24, 2.45) is 0 Å². The van der Waals surface area contributed by atoms with Crippen LogP contribution in [0.2, 0.25) is 5.02 Å². The quantitative estimate of drug-likeness (QED) is 0.701. The first-order valence-corrected chi connectivity index (χ1v) is 8.61. The Balaban J connectivity index is 1.95. The van der Waals surface area contributed by atoms with Gasteiger partial charge in [0, 0.05) is 29.2 Å². The Morgan fingerprint density at radius 1 is 1.15 bits per heavy atom. The lowest BCUT2D eigenvalue weighted by atomic mass is 9.88. The average Bonchev–Trinajstić information content (AvgIpc) is 3.02. The summed E-state index contributed by atoms with van der Waals surface area (Å²) < 4.78 is 15.0. The molecule has 0 saturated heterocycles. The van der Waals surface area contributed by atoms with Crippen molar-refractivity contribution in [2.45, 2.75) is 12.3 Å². The molecule has 0 bridgehead atoms. The topological polar surface area (TPSA) is 71.3 Å². The molecule has 27 heavy (non-hydrogen) atoms. The lowest BCUT2D eigenvalue weighted by Crippen LogP contribution is -2.25. The number of carbonyl (C=O) groups excluding carboxylic acids is 1. The number of anilines is 1. The molecule has 1 aromatic heterocycles. The molecule has 1 aliphatic rings. The van der Waals surface area contributed by atoms with Crippen LogP contribution in [0.3, 0.4) is 0 Å². The maximum atomic E-state index is 13.3. The molecule has 0 aliphatic carbocycles. The summed E-state index contributed by atoms with van der Waals surface area (Å²) in [6.45, 7) is 0. The van der Waals surface area contributed by atoms with Crippen LogP contribution >= 0.6 is 11.6 Å². The Bertz CT molecular complexity index is 1040. The minimum absolute atomic E-state index is 0.0126. The van der Waals surface area contributed by atoms with Gasteiger partial charge in [-0.1, -0.05) is 23.7 Å². The number of amides is 1. The summed E-state index contributed by atoms with van der Waals surface area (Å²) >= 11 is 5.97. The van der Waals surface area contributed by atoms with E-state index < -0.39 is 5.97 Å². The zero-order valence-electron chi connectivity index (χ0n) is 13.9. The van der Waals surface area contributed by atoms with Gasteiger partial charge in [0.15, 0.2) is 0 Å². The number of carboxylic acids is 1. The number of rotatable bonds is 3. The van der Waals surface area contributed by atoms with Gasteiger partial charge in [-0.2, -0.15) is 0 Å². The molecule has 0 radical (unpaired) electrons. The molecular formula is C20H14ClFN2O3. The van der Waals surface area contributed by atoms with E-state index in [1.807, 2.05) is 12.1 Å². The third-order valence-electron chi connectivity index (χ3n) is 4.63. The molecule has 7 heteroatoms. The molecule has 0 spiro atoms. The summed E-state index contributed by atoms with van der Waals surface area (Å²) in [6.07, 6.45) is 1.62. The number of benzene rings is 2. The third-order valence-corrected chi connectivity index (χ3v) is 4.89. The van der Waals surface area contributed by atoms with Crippen LogP contribution in [0.25, 0.3) is 5.69 Å². The van der Waals surface area contributed by atoms with E-state index in [-0.39, 0.29) is 35.3 Å². The number of nitrogens with zero attached hydrogens (tertiary/aromatic N) is 1. The smallest absolute Gasteiger partial charge is 0.339 e. The number of nitrogens with one attached hydrogen (secondary N) is 1. The van der Waals surface area contributed by atoms with Gasteiger partial charge in [-0.25, -0.2) is 9.18 Å². The summed E-state index contributed by atoms with van der Waals surface area (Å²) in [4.78, 5) is 24.0. The molecule has 1 aliphatic heterocycles. The summed E-state index contributed by atoms with van der Waals surface area (Å²) in [7, 11) is 0. The van der Waals surface area contributed by atoms with Gasteiger partial charge in [0.25, 0.3) is 0 Å². The van der Waals surface area contributed by atoms with E-state index in [1.165, 1.54) is 18.3 Å². The minimum Gasteiger partial charge on any atom is -0.478 e. The zero-order valence-corrected chi connectivity index (χ0v) is 14.7. The Labute approximate surface area is 159 Å². The van der Waals surface area contributed by atoms with Crippen LogP contribution in [0.15, 0.2) is 54.7 Å². The Kier molecular flexibility index (Phi) is 4.20. The number of aromatic nitrogens is 1. The van der Waals surface area contributed by atoms with Crippen LogP contribution in [-0.4, -0.2) is 21.6 Å². The van der Waals surface area contributed by atoms with Crippen LogP contribution < -0.4 is 5.32 Å². The lowest BCUT2D eigenvalue weighted by molar-refractivity contribution is -0.116. The number of carbonyl (C=O) groups is 2. The van der Waals surface area contributed by atoms with Crippen molar-refractivity contribution in [2.75, 3.05) is 5.32 Å². The van der Waals surface area contributed by atoms with Crippen LogP contribution in [0.4, 0.5) is 10.1 Å². The number of carboxylic acid groups (broad SMARTS) is 1. The van der Waals surface area contributed by atoms with E-state index in [0.717, 1.165) is 5.56 Å². The minimum atomic E-state index is -1.15. The molecule has 1 atom stereocenters. The molecule has 0 fully saturated rings. The molecule has 4 rings (SSSR count). The lowest BCUT2D eigenvalue weighted by Gasteiger charge is -2.26. The predicted octanol–water partition coefficient (Wildman–Crippen LogP) is 4.44. The van der Waals surface area contributed by atoms with Crippen molar-refractivity contribution < 1.29 is 19.1 Å². The van der Waals surface area contributed by atoms with E-state index in [0.29, 0.717) is 16.4 Å². The summed E-state index contributed by atoms with van der Waals surface area (Å²) in [6, 6.07) is 12.8. The predicted molar refractivity (Wildman–Crippen MR) is 99.2 cm³/mol. The number of hydrogen-bond acceptors (Lipinski definition) is 2. The van der Waals surface area contributed by atoms with Gasteiger partial charge in [-0.05, 0) is 42.0 Å². The molecule has 2 aromatic carbocycles. The fraction of sp³-hybridized carbons (Fsp3) is 0.100. The molecule has 5 nitrogen and oxygen atoms in total. The van der Waals surface area contributed by atoms with Crippen LogP contribution in [0.1, 0.15) is 34.0 Å². The van der Waals surface area contributed by atoms with Crippen LogP contribution in [-0.2, 0) is 4.79 Å². The van der Waals surface area contributed by atoms with Crippen LogP contribution in [0, 0.1) is 5.82 Å². The Hall–Kier alpha value is -3.12. The zero-order chi connectivity index (χ0) is 19.1. The van der Waals surface area contributed by atoms with Gasteiger partial charge in [0.2, 0.25) is 5.91 Å². The van der Waals surface area contributed by atoms with Crippen LogP contribution in [0.5, 0.6) is 0 Å². The highest BCUT2D eigenvalue weighted by Gasteiger charge is 2.34. The Morgan fingerprint density at radius 2 is 1.81 bits per heavy atom. The third kappa shape index (κ3) is 3.08. The van der Waals surface area contributed by atoms with E-state index in [9.17, 15) is 19.1 Å². The number of fused-ring (bicyclic) bond motifs is 1. The highest BCUT2D eigenvalue weighted by Crippen LogP contribution is 2.41. The van der Waals surface area contributed by atoms with Crippen molar-refractivity contribution in [3.63, 3.8) is 0 Å². The summed E-state index contributed by atoms with van der Waals surface area (Å²) in [5, 5.41) is 12.8. The second-order valence-corrected chi connectivity index (χ2v) is 6.75. The highest BCUT2D eigenvalue weighted by atomic mass is 35.5. The van der Waals surface area contributed by atoms with Gasteiger partial charge in [0.05, 0.1) is 11.4 Å². The van der Waals surface area contributed by atoms with Crippen molar-refractivity contribution in [3.8, 4) is 5.69 Å². The number of hydrogen-bond donors (Lipinski definition) is 2. The normalized spacial score (nSPS) is 15.9. The first-order chi connectivity index (χ1) is 12.9.